The minimum absolute atomic E-state index is 0.229. The molecule has 0 fully saturated rings. The van der Waals surface area contributed by atoms with Crippen LogP contribution in [0.15, 0.2) is 34.9 Å². The second-order valence-corrected chi connectivity index (χ2v) is 4.98. The molecule has 2 rings (SSSR count). The Morgan fingerprint density at radius 2 is 2.24 bits per heavy atom. The third-order valence-electron chi connectivity index (χ3n) is 2.62. The quantitative estimate of drug-likeness (QED) is 0.822. The molecule has 1 heterocycles. The van der Waals surface area contributed by atoms with Crippen molar-refractivity contribution in [2.24, 2.45) is 0 Å². The number of aromatic nitrogens is 1. The van der Waals surface area contributed by atoms with Crippen molar-refractivity contribution < 1.29 is 13.9 Å². The summed E-state index contributed by atoms with van der Waals surface area (Å²) in [5.74, 6) is -0.469. The molecular weight excluding hydrogens is 341 g/mol. The summed E-state index contributed by atoms with van der Waals surface area (Å²) in [7, 11) is 0. The molecule has 0 saturated heterocycles. The van der Waals surface area contributed by atoms with Crippen molar-refractivity contribution in [3.05, 3.63) is 46.3 Å². The first-order chi connectivity index (χ1) is 10.0. The fraction of sp³-hybridized carbons (Fsp3) is 0.143. The molecule has 3 N–H and O–H groups in total. The molecule has 0 aliphatic rings. The lowest BCUT2D eigenvalue weighted by atomic mass is 10.2. The molecule has 0 unspecified atom stereocenters. The summed E-state index contributed by atoms with van der Waals surface area (Å²) in [6.07, 6.45) is 1.37. The van der Waals surface area contributed by atoms with Crippen molar-refractivity contribution in [1.82, 2.24) is 4.98 Å². The van der Waals surface area contributed by atoms with Gasteiger partial charge in [-0.05, 0) is 47.1 Å². The Balaban J connectivity index is 2.28. The molecular formula is C14H13BrFN3O2. The van der Waals surface area contributed by atoms with E-state index in [-0.39, 0.29) is 23.7 Å². The van der Waals surface area contributed by atoms with Gasteiger partial charge < -0.3 is 15.8 Å². The average Bonchev–Trinajstić information content (AvgIpc) is 2.44. The van der Waals surface area contributed by atoms with Gasteiger partial charge in [0.2, 0.25) is 0 Å². The van der Waals surface area contributed by atoms with Crippen molar-refractivity contribution in [3.63, 3.8) is 0 Å². The number of hydrogen-bond acceptors (Lipinski definition) is 5. The van der Waals surface area contributed by atoms with E-state index in [2.05, 4.69) is 26.2 Å². The third kappa shape index (κ3) is 3.69. The van der Waals surface area contributed by atoms with Gasteiger partial charge in [0, 0.05) is 4.47 Å². The van der Waals surface area contributed by atoms with Gasteiger partial charge in [0.05, 0.1) is 29.7 Å². The van der Waals surface area contributed by atoms with E-state index >= 15 is 0 Å². The molecule has 1 aromatic carbocycles. The normalized spacial score (nSPS) is 10.2. The SMILES string of the molecule is CCOC(=O)c1cc(Nc2ccc(F)cc2Br)ncc1N. The molecule has 7 heteroatoms. The summed E-state index contributed by atoms with van der Waals surface area (Å²) in [4.78, 5) is 15.8. The van der Waals surface area contributed by atoms with Gasteiger partial charge >= 0.3 is 5.97 Å². The van der Waals surface area contributed by atoms with E-state index < -0.39 is 5.97 Å². The molecule has 0 radical (unpaired) electrons. The zero-order valence-corrected chi connectivity index (χ0v) is 12.8. The summed E-state index contributed by atoms with van der Waals surface area (Å²) in [5, 5.41) is 2.98. The second kappa shape index (κ2) is 6.53. The molecule has 0 saturated carbocycles. The number of nitrogens with zero attached hydrogens (tertiary/aromatic N) is 1. The van der Waals surface area contributed by atoms with Crippen LogP contribution in [0.4, 0.5) is 21.6 Å². The van der Waals surface area contributed by atoms with E-state index in [9.17, 15) is 9.18 Å². The first-order valence-electron chi connectivity index (χ1n) is 6.16. The van der Waals surface area contributed by atoms with Crippen LogP contribution < -0.4 is 11.1 Å². The lowest BCUT2D eigenvalue weighted by molar-refractivity contribution is 0.0527. The highest BCUT2D eigenvalue weighted by Crippen LogP contribution is 2.27. The summed E-state index contributed by atoms with van der Waals surface area (Å²) in [6.45, 7) is 1.97. The van der Waals surface area contributed by atoms with Gasteiger partial charge in [-0.25, -0.2) is 14.2 Å². The number of anilines is 3. The maximum atomic E-state index is 13.0. The Morgan fingerprint density at radius 3 is 2.90 bits per heavy atom. The number of ether oxygens (including phenoxy) is 1. The Kier molecular flexibility index (Phi) is 4.74. The van der Waals surface area contributed by atoms with Crippen molar-refractivity contribution in [1.29, 1.82) is 0 Å². The van der Waals surface area contributed by atoms with E-state index in [0.717, 1.165) is 0 Å². The fourth-order valence-electron chi connectivity index (χ4n) is 1.65. The van der Waals surface area contributed by atoms with E-state index in [4.69, 9.17) is 10.5 Å². The Labute approximate surface area is 129 Å². The zero-order chi connectivity index (χ0) is 15.4. The number of benzene rings is 1. The van der Waals surface area contributed by atoms with Gasteiger partial charge in [-0.3, -0.25) is 0 Å². The smallest absolute Gasteiger partial charge is 0.340 e. The summed E-state index contributed by atoms with van der Waals surface area (Å²) >= 11 is 3.24. The molecule has 0 atom stereocenters. The lowest BCUT2D eigenvalue weighted by Crippen LogP contribution is -2.09. The number of carbonyl (C=O) groups is 1. The highest BCUT2D eigenvalue weighted by atomic mass is 79.9. The van der Waals surface area contributed by atoms with E-state index in [1.807, 2.05) is 0 Å². The number of carbonyl (C=O) groups excluding carboxylic acids is 1. The summed E-state index contributed by atoms with van der Waals surface area (Å²) < 4.78 is 18.5. The molecule has 0 bridgehead atoms. The predicted octanol–water partition coefficient (Wildman–Crippen LogP) is 3.49. The topological polar surface area (TPSA) is 77.2 Å². The molecule has 1 aromatic heterocycles. The largest absolute Gasteiger partial charge is 0.462 e. The molecule has 0 aliphatic heterocycles. The van der Waals surface area contributed by atoms with Crippen molar-refractivity contribution >= 4 is 39.1 Å². The van der Waals surface area contributed by atoms with Crippen LogP contribution in [0.5, 0.6) is 0 Å². The minimum atomic E-state index is -0.515. The minimum Gasteiger partial charge on any atom is -0.462 e. The van der Waals surface area contributed by atoms with Crippen LogP contribution >= 0.6 is 15.9 Å². The number of nitrogen functional groups attached to an aromatic ring is 1. The number of pyridine rings is 1. The van der Waals surface area contributed by atoms with E-state index in [1.54, 1.807) is 13.0 Å². The van der Waals surface area contributed by atoms with Crippen molar-refractivity contribution in [2.45, 2.75) is 6.92 Å². The van der Waals surface area contributed by atoms with Gasteiger partial charge in [-0.1, -0.05) is 0 Å². The molecule has 5 nitrogen and oxygen atoms in total. The molecule has 110 valence electrons. The first kappa shape index (κ1) is 15.2. The third-order valence-corrected chi connectivity index (χ3v) is 3.28. The first-order valence-corrected chi connectivity index (χ1v) is 6.95. The van der Waals surface area contributed by atoms with Crippen LogP contribution in [0.25, 0.3) is 0 Å². The van der Waals surface area contributed by atoms with Gasteiger partial charge in [-0.2, -0.15) is 0 Å². The average molecular weight is 354 g/mol. The van der Waals surface area contributed by atoms with Crippen LogP contribution in [0.3, 0.4) is 0 Å². The molecule has 0 aliphatic carbocycles. The van der Waals surface area contributed by atoms with Gasteiger partial charge in [0.25, 0.3) is 0 Å². The van der Waals surface area contributed by atoms with Crippen LogP contribution in [-0.2, 0) is 4.74 Å². The highest BCUT2D eigenvalue weighted by Gasteiger charge is 2.13. The van der Waals surface area contributed by atoms with Crippen molar-refractivity contribution in [3.8, 4) is 0 Å². The van der Waals surface area contributed by atoms with Crippen LogP contribution in [0, 0.1) is 5.82 Å². The van der Waals surface area contributed by atoms with Crippen LogP contribution in [-0.4, -0.2) is 17.6 Å². The van der Waals surface area contributed by atoms with Gasteiger partial charge in [0.1, 0.15) is 11.6 Å². The van der Waals surface area contributed by atoms with E-state index in [1.165, 1.54) is 24.4 Å². The second-order valence-electron chi connectivity index (χ2n) is 4.13. The fourth-order valence-corrected chi connectivity index (χ4v) is 2.10. The number of halogens is 2. The predicted molar refractivity (Wildman–Crippen MR) is 82.0 cm³/mol. The van der Waals surface area contributed by atoms with Crippen LogP contribution in [0.1, 0.15) is 17.3 Å². The van der Waals surface area contributed by atoms with E-state index in [0.29, 0.717) is 16.0 Å². The maximum absolute atomic E-state index is 13.0. The standard InChI is InChI=1S/C14H13BrFN3O2/c1-2-21-14(20)9-6-13(18-7-11(9)17)19-12-4-3-8(16)5-10(12)15/h3-7H,2,17H2,1H3,(H,18,19). The molecule has 21 heavy (non-hydrogen) atoms. The number of nitrogens with one attached hydrogen (secondary N) is 1. The number of esters is 1. The molecule has 2 aromatic rings. The summed E-state index contributed by atoms with van der Waals surface area (Å²) in [6, 6.07) is 5.69. The van der Waals surface area contributed by atoms with Crippen molar-refractivity contribution in [2.75, 3.05) is 17.7 Å². The lowest BCUT2D eigenvalue weighted by Gasteiger charge is -2.10. The van der Waals surface area contributed by atoms with Gasteiger partial charge in [-0.15, -0.1) is 0 Å². The number of hydrogen-bond donors (Lipinski definition) is 2. The number of nitrogens with two attached hydrogens (primary N) is 1. The Hall–Kier alpha value is -2.15. The van der Waals surface area contributed by atoms with Crippen LogP contribution in [0.2, 0.25) is 0 Å². The molecule has 0 spiro atoms. The summed E-state index contributed by atoms with van der Waals surface area (Å²) in [5.41, 5.74) is 6.79. The Bertz CT molecular complexity index is 679. The highest BCUT2D eigenvalue weighted by molar-refractivity contribution is 9.10. The Morgan fingerprint density at radius 1 is 1.48 bits per heavy atom. The maximum Gasteiger partial charge on any atom is 0.340 e. The monoisotopic (exact) mass is 353 g/mol. The number of rotatable bonds is 4. The molecule has 0 amide bonds. The van der Waals surface area contributed by atoms with Gasteiger partial charge in [0.15, 0.2) is 0 Å². The zero-order valence-electron chi connectivity index (χ0n) is 11.2.